The maximum atomic E-state index is 13.9. The Morgan fingerprint density at radius 1 is 0.415 bits per heavy atom. The molecule has 0 spiro atoms. The smallest absolute Gasteiger partial charge is 0.264 e. The zero-order valence-electron chi connectivity index (χ0n) is 64.0. The summed E-state index contributed by atoms with van der Waals surface area (Å²) >= 11 is 45.6. The maximum absolute atomic E-state index is 13.9. The quantitative estimate of drug-likeness (QED) is 0.0654. The standard InChI is InChI=1S/C32H27Cl2N5O3.C24H19Cl2N5O2.C17H14Cl2N2O.C15H14ClN3O2/c1-19(29-28(34)23-9-6-10-24(33)26(23)32(41)39(29)21-7-4-3-5-8-21)37-30-27-25(40)15-16-38(31(27)36-18-35-30)17-20-11-13-22(42-2)14-12-20;1-13(30-23-19-17(32)10-11-27-22(19)28-12-29-23)21-20(26)15-8-5-9-16(25)18(15)24(33)31(21)14-6-3-2-4-7-14;1-10(20)16-15(19)12-8-5-9-13(18)14(12)17(22)21(16)11-6-3-2-4-7-11;1-21-11-4-2-10(3-5-11)8-19-7-6-12(20)13-14(16)17-9-18-15(13)19/h3-14,18-19H,15-17H2,1-2H3,(H,35,36,37);2-9,12-13H,10-11H2,1H3,(H2,27,28,29,30);2-10H,20H2,1H3;2-5,9H,6-8H2,1H3/t19-;13-;10-;/m000./s1. The van der Waals surface area contributed by atoms with Gasteiger partial charge in [-0.15, -0.1) is 0 Å². The van der Waals surface area contributed by atoms with E-state index >= 15 is 0 Å². The highest BCUT2D eigenvalue weighted by molar-refractivity contribution is 6.42. The molecule has 9 heterocycles. The van der Waals surface area contributed by atoms with Crippen LogP contribution >= 0.6 is 81.2 Å². The first-order valence-electron chi connectivity index (χ1n) is 37.4. The number of nitrogens with one attached hydrogen (secondary N) is 3. The van der Waals surface area contributed by atoms with E-state index in [1.54, 1.807) is 89.4 Å². The molecule has 0 aliphatic carbocycles. The van der Waals surface area contributed by atoms with E-state index in [0.29, 0.717) is 194 Å². The van der Waals surface area contributed by atoms with Gasteiger partial charge in [0.1, 0.15) is 75.9 Å². The molecular formula is C88H74Cl7N15O8. The second-order valence-electron chi connectivity index (χ2n) is 27.7. The highest BCUT2D eigenvalue weighted by Crippen LogP contribution is 2.41. The van der Waals surface area contributed by atoms with Crippen molar-refractivity contribution in [2.24, 2.45) is 5.73 Å². The van der Waals surface area contributed by atoms with Crippen molar-refractivity contribution in [3.63, 3.8) is 0 Å². The van der Waals surface area contributed by atoms with Crippen molar-refractivity contribution in [2.45, 2.75) is 71.2 Å². The summed E-state index contributed by atoms with van der Waals surface area (Å²) in [5.74, 6) is 3.93. The lowest BCUT2D eigenvalue weighted by molar-refractivity contribution is 0.0971. The number of aromatic nitrogens is 9. The van der Waals surface area contributed by atoms with Crippen molar-refractivity contribution in [3.8, 4) is 28.6 Å². The van der Waals surface area contributed by atoms with Crippen LogP contribution in [0.5, 0.6) is 11.5 Å². The average molecular weight is 1720 g/mol. The number of ether oxygens (including phenoxy) is 2. The van der Waals surface area contributed by atoms with Crippen LogP contribution in [0.3, 0.4) is 0 Å². The lowest BCUT2D eigenvalue weighted by Crippen LogP contribution is -2.34. The first-order chi connectivity index (χ1) is 57.0. The molecule has 6 aromatic heterocycles. The Morgan fingerprint density at radius 2 is 0.780 bits per heavy atom. The van der Waals surface area contributed by atoms with Crippen LogP contribution in [0.1, 0.15) is 117 Å². The third kappa shape index (κ3) is 16.9. The molecule has 0 fully saturated rings. The van der Waals surface area contributed by atoms with Gasteiger partial charge in [0.05, 0.1) is 95.2 Å². The van der Waals surface area contributed by atoms with Crippen molar-refractivity contribution < 1.29 is 23.9 Å². The Bertz CT molecular complexity index is 6370. The number of hydrogen-bond donors (Lipinski definition) is 4. The maximum Gasteiger partial charge on any atom is 0.264 e. The highest BCUT2D eigenvalue weighted by Gasteiger charge is 2.33. The lowest BCUT2D eigenvalue weighted by atomic mass is 10.0. The normalized spacial score (nSPS) is 13.6. The van der Waals surface area contributed by atoms with Crippen LogP contribution in [0.2, 0.25) is 35.3 Å². The van der Waals surface area contributed by atoms with Gasteiger partial charge < -0.3 is 41.0 Å². The number of rotatable bonds is 16. The van der Waals surface area contributed by atoms with Gasteiger partial charge in [0, 0.05) is 91.2 Å². The monoisotopic (exact) mass is 1710 g/mol. The van der Waals surface area contributed by atoms with Crippen LogP contribution in [-0.4, -0.2) is 94.8 Å². The van der Waals surface area contributed by atoms with Gasteiger partial charge in [0.25, 0.3) is 16.7 Å². The summed E-state index contributed by atoms with van der Waals surface area (Å²) in [6.07, 6.45) is 5.33. The van der Waals surface area contributed by atoms with E-state index in [-0.39, 0.29) is 39.2 Å². The molecule has 0 saturated heterocycles. The predicted octanol–water partition coefficient (Wildman–Crippen LogP) is 19.2. The summed E-state index contributed by atoms with van der Waals surface area (Å²) < 4.78 is 15.1. The fourth-order valence-electron chi connectivity index (χ4n) is 14.6. The minimum absolute atomic E-state index is 0.00146. The van der Waals surface area contributed by atoms with Crippen molar-refractivity contribution in [1.82, 2.24) is 43.6 Å². The predicted molar refractivity (Wildman–Crippen MR) is 470 cm³/mol. The molecule has 14 aromatic rings. The first-order valence-corrected chi connectivity index (χ1v) is 40.0. The Balaban J connectivity index is 0.000000135. The summed E-state index contributed by atoms with van der Waals surface area (Å²) in [4.78, 5) is 108. The Kier molecular flexibility index (Phi) is 25.5. The summed E-state index contributed by atoms with van der Waals surface area (Å²) in [7, 11) is 3.27. The molecule has 118 heavy (non-hydrogen) atoms. The molecule has 3 atom stereocenters. The zero-order chi connectivity index (χ0) is 83.2. The number of fused-ring (bicyclic) bond motifs is 6. The molecule has 5 N–H and O–H groups in total. The van der Waals surface area contributed by atoms with E-state index in [1.165, 1.54) is 19.0 Å². The van der Waals surface area contributed by atoms with Crippen LogP contribution in [0.25, 0.3) is 49.4 Å². The Labute approximate surface area is 711 Å². The third-order valence-corrected chi connectivity index (χ3v) is 22.6. The number of carbonyl (C=O) groups excluding carboxylic acids is 3. The van der Waals surface area contributed by atoms with E-state index < -0.39 is 18.1 Å². The van der Waals surface area contributed by atoms with Crippen LogP contribution in [0.4, 0.5) is 29.1 Å². The molecule has 0 amide bonds. The minimum Gasteiger partial charge on any atom is -0.497 e. The lowest BCUT2D eigenvalue weighted by Gasteiger charge is -2.31. The molecule has 0 saturated carbocycles. The number of halogens is 7. The number of nitrogens with zero attached hydrogens (tertiary/aromatic N) is 11. The topological polar surface area (TPSA) is 282 Å². The number of para-hydroxylation sites is 3. The molecule has 3 aliphatic rings. The minimum atomic E-state index is -0.530. The molecule has 8 aromatic carbocycles. The molecular weight excluding hydrogens is 1640 g/mol. The van der Waals surface area contributed by atoms with Gasteiger partial charge >= 0.3 is 0 Å². The highest BCUT2D eigenvalue weighted by atomic mass is 35.5. The van der Waals surface area contributed by atoms with Gasteiger partial charge in [-0.2, -0.15) is 0 Å². The summed E-state index contributed by atoms with van der Waals surface area (Å²) in [5.41, 5.74) is 12.3. The van der Waals surface area contributed by atoms with Crippen LogP contribution in [0, 0.1) is 0 Å². The molecule has 0 radical (unpaired) electrons. The molecule has 598 valence electrons. The van der Waals surface area contributed by atoms with Gasteiger partial charge in [-0.25, -0.2) is 29.9 Å². The van der Waals surface area contributed by atoms with Crippen LogP contribution < -0.4 is 57.6 Å². The fourth-order valence-corrected chi connectivity index (χ4v) is 16.9. The number of nitrogens with two attached hydrogens (primary N) is 1. The molecule has 3 aliphatic heterocycles. The molecule has 0 unspecified atom stereocenters. The number of carbonyl (C=O) groups is 3. The molecule has 30 heteroatoms. The Morgan fingerprint density at radius 3 is 1.19 bits per heavy atom. The number of hydrogen-bond acceptors (Lipinski definition) is 20. The zero-order valence-corrected chi connectivity index (χ0v) is 69.3. The number of methoxy groups -OCH3 is 2. The SMILES string of the molecule is COc1ccc(CN2CCC(=O)c3c(Cl)ncnc32)cc1.COc1ccc(CN2CCC(=O)c3c(N[C@@H](C)c4c(Cl)c5cccc(Cl)c5c(=O)n4-c4ccccc4)ncnc32)cc1.C[C@H](N)c1c(Cl)c2cccc(Cl)c2c(=O)n1-c1ccccc1.C[C@H](Nc1ncnc2c1C(=O)CCN2)c1c(Cl)c2cccc(Cl)c2c(=O)n1-c1ccccc1. The number of pyridine rings is 3. The van der Waals surface area contributed by atoms with Gasteiger partial charge in [-0.3, -0.25) is 42.5 Å². The second-order valence-corrected chi connectivity index (χ2v) is 30.5. The van der Waals surface area contributed by atoms with E-state index in [4.69, 9.17) is 96.4 Å². The van der Waals surface area contributed by atoms with Crippen molar-refractivity contribution in [3.05, 3.63) is 324 Å². The van der Waals surface area contributed by atoms with Crippen LogP contribution in [0.15, 0.2) is 227 Å². The van der Waals surface area contributed by atoms with Crippen molar-refractivity contribution in [2.75, 3.05) is 59.6 Å². The van der Waals surface area contributed by atoms with E-state index in [9.17, 15) is 28.8 Å². The molecule has 0 bridgehead atoms. The number of benzene rings is 8. The number of anilines is 5. The third-order valence-electron chi connectivity index (χ3n) is 20.2. The molecule has 23 nitrogen and oxygen atoms in total. The van der Waals surface area contributed by atoms with E-state index in [0.717, 1.165) is 22.6 Å². The Hall–Kier alpha value is -11.8. The van der Waals surface area contributed by atoms with Gasteiger partial charge in [-0.1, -0.05) is 196 Å². The van der Waals surface area contributed by atoms with E-state index in [1.807, 2.05) is 158 Å². The number of ketones is 3. The van der Waals surface area contributed by atoms with E-state index in [2.05, 4.69) is 50.8 Å². The average Bonchev–Trinajstić information content (AvgIpc) is 0.748. The number of Topliss-reactive ketones (excluding diaryl/α,β-unsaturated/α-hetero) is 3. The largest absolute Gasteiger partial charge is 0.497 e. The summed E-state index contributed by atoms with van der Waals surface area (Å²) in [6.45, 7) is 8.48. The van der Waals surface area contributed by atoms with Crippen LogP contribution in [-0.2, 0) is 13.1 Å². The van der Waals surface area contributed by atoms with Gasteiger partial charge in [-0.05, 0) is 111 Å². The fraction of sp³-hybridized carbons (Fsp3) is 0.182. The van der Waals surface area contributed by atoms with Crippen molar-refractivity contribution >= 4 is 160 Å². The summed E-state index contributed by atoms with van der Waals surface area (Å²) in [6, 6.07) is 57.6. The second kappa shape index (κ2) is 36.4. The summed E-state index contributed by atoms with van der Waals surface area (Å²) in [5, 5.41) is 15.1. The van der Waals surface area contributed by atoms with Gasteiger partial charge in [0.2, 0.25) is 0 Å². The van der Waals surface area contributed by atoms with Crippen molar-refractivity contribution in [1.29, 1.82) is 0 Å². The molecule has 17 rings (SSSR count). The van der Waals surface area contributed by atoms with Gasteiger partial charge in [0.15, 0.2) is 17.3 Å². The first kappa shape index (κ1) is 82.7.